The summed E-state index contributed by atoms with van der Waals surface area (Å²) < 4.78 is 11.3. The van der Waals surface area contributed by atoms with E-state index < -0.39 is 6.10 Å². The van der Waals surface area contributed by atoms with E-state index in [-0.39, 0.29) is 18.4 Å². The van der Waals surface area contributed by atoms with Crippen molar-refractivity contribution in [2.24, 2.45) is 0 Å². The lowest BCUT2D eigenvalue weighted by Gasteiger charge is -2.30. The van der Waals surface area contributed by atoms with Crippen molar-refractivity contribution in [3.8, 4) is 11.5 Å². The lowest BCUT2D eigenvalue weighted by Crippen LogP contribution is -2.38. The summed E-state index contributed by atoms with van der Waals surface area (Å²) in [5.41, 5.74) is 3.26. The first-order valence-electron chi connectivity index (χ1n) is 10.4. The largest absolute Gasteiger partial charge is 0.482 e. The first-order valence-corrected chi connectivity index (χ1v) is 11.1. The van der Waals surface area contributed by atoms with Gasteiger partial charge in [0, 0.05) is 10.7 Å². The Labute approximate surface area is 202 Å². The standard InChI is InChI=1S/C25H22Cl2N2O4/c1-15-3-5-17(6-4-15)13-29-21-12-19(8-10-23(21)32-14-24(29)30)28-25(31)16(2)33-22-9-7-18(26)11-20(22)27/h3-12,16H,13-14H2,1-2H3,(H,28,31). The van der Waals surface area contributed by atoms with Gasteiger partial charge in [0.1, 0.15) is 11.5 Å². The Balaban J connectivity index is 1.50. The van der Waals surface area contributed by atoms with Crippen molar-refractivity contribution in [3.05, 3.63) is 81.8 Å². The van der Waals surface area contributed by atoms with E-state index >= 15 is 0 Å². The van der Waals surface area contributed by atoms with E-state index in [9.17, 15) is 9.59 Å². The molecule has 170 valence electrons. The van der Waals surface area contributed by atoms with E-state index in [0.717, 1.165) is 11.1 Å². The minimum absolute atomic E-state index is 0.0305. The Morgan fingerprint density at radius 2 is 1.88 bits per heavy atom. The molecule has 3 aromatic rings. The Bertz CT molecular complexity index is 1200. The van der Waals surface area contributed by atoms with Gasteiger partial charge in [0.15, 0.2) is 12.7 Å². The van der Waals surface area contributed by atoms with Gasteiger partial charge in [-0.3, -0.25) is 9.59 Å². The molecule has 3 aromatic carbocycles. The molecule has 0 bridgehead atoms. The zero-order valence-electron chi connectivity index (χ0n) is 18.1. The zero-order chi connectivity index (χ0) is 23.5. The summed E-state index contributed by atoms with van der Waals surface area (Å²) in [5, 5.41) is 3.62. The van der Waals surface area contributed by atoms with Gasteiger partial charge in [-0.2, -0.15) is 0 Å². The molecule has 6 nitrogen and oxygen atoms in total. The molecule has 8 heteroatoms. The lowest BCUT2D eigenvalue weighted by molar-refractivity contribution is -0.122. The lowest BCUT2D eigenvalue weighted by atomic mass is 10.1. The number of nitrogens with one attached hydrogen (secondary N) is 1. The molecule has 0 aromatic heterocycles. The average Bonchev–Trinajstić information content (AvgIpc) is 2.79. The van der Waals surface area contributed by atoms with Crippen LogP contribution in [0.2, 0.25) is 10.0 Å². The van der Waals surface area contributed by atoms with Gasteiger partial charge in [-0.1, -0.05) is 53.0 Å². The normalized spacial score (nSPS) is 13.7. The number of amides is 2. The van der Waals surface area contributed by atoms with Crippen molar-refractivity contribution in [1.82, 2.24) is 0 Å². The highest BCUT2D eigenvalue weighted by atomic mass is 35.5. The third kappa shape index (κ3) is 5.41. The molecule has 0 fully saturated rings. The van der Waals surface area contributed by atoms with Crippen molar-refractivity contribution in [3.63, 3.8) is 0 Å². The van der Waals surface area contributed by atoms with Crippen LogP contribution in [0.3, 0.4) is 0 Å². The van der Waals surface area contributed by atoms with Crippen LogP contribution in [0.5, 0.6) is 11.5 Å². The van der Waals surface area contributed by atoms with Crippen molar-refractivity contribution in [1.29, 1.82) is 0 Å². The van der Waals surface area contributed by atoms with E-state index in [2.05, 4.69) is 5.32 Å². The van der Waals surface area contributed by atoms with Crippen LogP contribution in [0.25, 0.3) is 0 Å². The van der Waals surface area contributed by atoms with Crippen LogP contribution in [0.4, 0.5) is 11.4 Å². The second kappa shape index (κ2) is 9.73. The average molecular weight is 485 g/mol. The molecule has 0 spiro atoms. The minimum atomic E-state index is -0.818. The van der Waals surface area contributed by atoms with Crippen LogP contribution in [0.1, 0.15) is 18.1 Å². The quantitative estimate of drug-likeness (QED) is 0.491. The molecule has 0 saturated heterocycles. The van der Waals surface area contributed by atoms with Crippen molar-refractivity contribution in [2.45, 2.75) is 26.5 Å². The van der Waals surface area contributed by atoms with Crippen LogP contribution < -0.4 is 19.7 Å². The Morgan fingerprint density at radius 1 is 1.12 bits per heavy atom. The number of ether oxygens (including phenoxy) is 2. The molecule has 2 amide bonds. The van der Waals surface area contributed by atoms with Crippen molar-refractivity contribution >= 4 is 46.4 Å². The smallest absolute Gasteiger partial charge is 0.265 e. The van der Waals surface area contributed by atoms with E-state index in [0.29, 0.717) is 39.5 Å². The highest BCUT2D eigenvalue weighted by Gasteiger charge is 2.26. The van der Waals surface area contributed by atoms with Gasteiger partial charge in [-0.15, -0.1) is 0 Å². The number of anilines is 2. The molecule has 1 atom stereocenters. The topological polar surface area (TPSA) is 67.9 Å². The van der Waals surface area contributed by atoms with Crippen LogP contribution in [-0.4, -0.2) is 24.5 Å². The maximum absolute atomic E-state index is 12.7. The fraction of sp³-hybridized carbons (Fsp3) is 0.200. The second-order valence-corrected chi connectivity index (χ2v) is 8.60. The molecule has 0 aliphatic carbocycles. The number of hydrogen-bond donors (Lipinski definition) is 1. The highest BCUT2D eigenvalue weighted by molar-refractivity contribution is 6.35. The van der Waals surface area contributed by atoms with E-state index in [1.54, 1.807) is 48.2 Å². The van der Waals surface area contributed by atoms with Crippen LogP contribution in [0, 0.1) is 6.92 Å². The summed E-state index contributed by atoms with van der Waals surface area (Å²) in [6.07, 6.45) is -0.818. The molecule has 0 radical (unpaired) electrons. The third-order valence-corrected chi connectivity index (χ3v) is 5.73. The number of rotatable bonds is 6. The molecule has 4 rings (SSSR count). The molecule has 1 heterocycles. The molecule has 1 unspecified atom stereocenters. The summed E-state index contributed by atoms with van der Waals surface area (Å²) in [6, 6.07) is 18.0. The number of benzene rings is 3. The first-order chi connectivity index (χ1) is 15.8. The third-order valence-electron chi connectivity index (χ3n) is 5.20. The maximum atomic E-state index is 12.7. The van der Waals surface area contributed by atoms with E-state index in [1.165, 1.54) is 0 Å². The molecule has 0 saturated carbocycles. The maximum Gasteiger partial charge on any atom is 0.265 e. The highest BCUT2D eigenvalue weighted by Crippen LogP contribution is 2.36. The Kier molecular flexibility index (Phi) is 6.77. The predicted molar refractivity (Wildman–Crippen MR) is 129 cm³/mol. The first kappa shape index (κ1) is 23.0. The number of fused-ring (bicyclic) bond motifs is 1. The SMILES string of the molecule is Cc1ccc(CN2C(=O)COc3ccc(NC(=O)C(C)Oc4ccc(Cl)cc4Cl)cc32)cc1. The molecule has 1 aliphatic heterocycles. The van der Waals surface area contributed by atoms with Gasteiger partial charge < -0.3 is 19.7 Å². The fourth-order valence-electron chi connectivity index (χ4n) is 3.39. The minimum Gasteiger partial charge on any atom is -0.482 e. The predicted octanol–water partition coefficient (Wildman–Crippen LogP) is 5.63. The summed E-state index contributed by atoms with van der Waals surface area (Å²) in [6.45, 7) is 4.01. The van der Waals surface area contributed by atoms with Crippen LogP contribution in [-0.2, 0) is 16.1 Å². The van der Waals surface area contributed by atoms with Gasteiger partial charge in [-0.05, 0) is 55.8 Å². The molecule has 33 heavy (non-hydrogen) atoms. The summed E-state index contributed by atoms with van der Waals surface area (Å²) in [4.78, 5) is 27.0. The summed E-state index contributed by atoms with van der Waals surface area (Å²) in [7, 11) is 0. The zero-order valence-corrected chi connectivity index (χ0v) is 19.6. The van der Waals surface area contributed by atoms with Crippen LogP contribution in [0.15, 0.2) is 60.7 Å². The van der Waals surface area contributed by atoms with Crippen molar-refractivity contribution in [2.75, 3.05) is 16.8 Å². The molecule has 1 aliphatic rings. The van der Waals surface area contributed by atoms with Crippen LogP contribution >= 0.6 is 23.2 Å². The summed E-state index contributed by atoms with van der Waals surface area (Å²) in [5.74, 6) is 0.420. The van der Waals surface area contributed by atoms with E-state index in [1.807, 2.05) is 31.2 Å². The number of carbonyl (C=O) groups is 2. The van der Waals surface area contributed by atoms with Gasteiger partial charge in [0.05, 0.1) is 17.3 Å². The van der Waals surface area contributed by atoms with Gasteiger partial charge >= 0.3 is 0 Å². The number of nitrogens with zero attached hydrogens (tertiary/aromatic N) is 1. The number of hydrogen-bond acceptors (Lipinski definition) is 4. The Morgan fingerprint density at radius 3 is 2.61 bits per heavy atom. The van der Waals surface area contributed by atoms with Gasteiger partial charge in [-0.25, -0.2) is 0 Å². The second-order valence-electron chi connectivity index (χ2n) is 7.76. The number of aryl methyl sites for hydroxylation is 1. The number of carbonyl (C=O) groups excluding carboxylic acids is 2. The molecular formula is C25H22Cl2N2O4. The van der Waals surface area contributed by atoms with Gasteiger partial charge in [0.25, 0.3) is 11.8 Å². The molecular weight excluding hydrogens is 463 g/mol. The summed E-state index contributed by atoms with van der Waals surface area (Å²) >= 11 is 12.0. The Hall–Kier alpha value is -3.22. The van der Waals surface area contributed by atoms with Gasteiger partial charge in [0.2, 0.25) is 0 Å². The fourth-order valence-corrected chi connectivity index (χ4v) is 3.84. The number of halogens is 2. The van der Waals surface area contributed by atoms with Crippen molar-refractivity contribution < 1.29 is 19.1 Å². The van der Waals surface area contributed by atoms with E-state index in [4.69, 9.17) is 32.7 Å². The molecule has 1 N–H and O–H groups in total. The monoisotopic (exact) mass is 484 g/mol.